The number of phenols is 1. The van der Waals surface area contributed by atoms with Crippen molar-refractivity contribution in [3.63, 3.8) is 0 Å². The zero-order valence-electron chi connectivity index (χ0n) is 22.5. The number of hydrogen-bond acceptors (Lipinski definition) is 5. The molecule has 2 aliphatic heterocycles. The number of rotatable bonds is 10. The van der Waals surface area contributed by atoms with E-state index in [0.29, 0.717) is 5.75 Å². The summed E-state index contributed by atoms with van der Waals surface area (Å²) in [5, 5.41) is 10.3. The Labute approximate surface area is 222 Å². The molecule has 2 fully saturated rings. The van der Waals surface area contributed by atoms with Gasteiger partial charge in [-0.25, -0.2) is 0 Å². The van der Waals surface area contributed by atoms with Gasteiger partial charge < -0.3 is 14.7 Å². The summed E-state index contributed by atoms with van der Waals surface area (Å²) in [5.74, 6) is 1.19. The Morgan fingerprint density at radius 2 is 1.46 bits per heavy atom. The molecule has 3 aromatic carbocycles. The lowest BCUT2D eigenvalue weighted by Gasteiger charge is -2.23. The summed E-state index contributed by atoms with van der Waals surface area (Å²) in [6, 6.07) is 20.9. The molecule has 2 aliphatic rings. The summed E-state index contributed by atoms with van der Waals surface area (Å²) >= 11 is 0. The summed E-state index contributed by atoms with van der Waals surface area (Å²) in [6.45, 7) is 7.52. The van der Waals surface area contributed by atoms with E-state index in [1.54, 1.807) is 6.07 Å². The van der Waals surface area contributed by atoms with E-state index in [1.165, 1.54) is 74.2 Å². The monoisotopic (exact) mass is 499 g/mol. The van der Waals surface area contributed by atoms with Gasteiger partial charge in [-0.2, -0.15) is 0 Å². The minimum atomic E-state index is 0.291. The van der Waals surface area contributed by atoms with Crippen LogP contribution in [-0.4, -0.2) is 68.3 Å². The molecule has 37 heavy (non-hydrogen) atoms. The maximum absolute atomic E-state index is 10.3. The van der Waals surface area contributed by atoms with Crippen molar-refractivity contribution in [3.05, 3.63) is 77.4 Å². The first kappa shape index (κ1) is 25.6. The van der Waals surface area contributed by atoms with Crippen molar-refractivity contribution in [2.24, 2.45) is 0 Å². The highest BCUT2D eigenvalue weighted by Gasteiger charge is 2.16. The number of likely N-dealkylation sites (tertiary alicyclic amines) is 2. The Hall–Kier alpha value is -3.02. The summed E-state index contributed by atoms with van der Waals surface area (Å²) in [5.41, 5.74) is 7.33. The van der Waals surface area contributed by atoms with E-state index < -0.39 is 0 Å². The second-order valence-corrected chi connectivity index (χ2v) is 10.8. The average Bonchev–Trinajstić information content (AvgIpc) is 3.61. The highest BCUT2D eigenvalue weighted by molar-refractivity contribution is 5.70. The lowest BCUT2D eigenvalue weighted by Crippen LogP contribution is -2.25. The number of aromatic hydroxyl groups is 1. The molecule has 0 atom stereocenters. The van der Waals surface area contributed by atoms with Gasteiger partial charge in [0.25, 0.3) is 0 Å². The Kier molecular flexibility index (Phi) is 8.32. The third-order valence-corrected chi connectivity index (χ3v) is 7.75. The molecule has 0 aliphatic carbocycles. The van der Waals surface area contributed by atoms with Crippen LogP contribution in [0.15, 0.2) is 60.7 Å². The predicted molar refractivity (Wildman–Crippen MR) is 153 cm³/mol. The highest BCUT2D eigenvalue weighted by Crippen LogP contribution is 2.32. The zero-order chi connectivity index (χ0) is 25.6. The van der Waals surface area contributed by atoms with Gasteiger partial charge in [0.1, 0.15) is 18.1 Å². The van der Waals surface area contributed by atoms with Crippen molar-refractivity contribution in [1.82, 2.24) is 9.80 Å². The van der Waals surface area contributed by atoms with Crippen LogP contribution in [0.1, 0.15) is 42.4 Å². The Balaban J connectivity index is 1.30. The van der Waals surface area contributed by atoms with Gasteiger partial charge in [0, 0.05) is 32.9 Å². The second kappa shape index (κ2) is 12.0. The van der Waals surface area contributed by atoms with Crippen LogP contribution in [0, 0.1) is 0 Å². The summed E-state index contributed by atoms with van der Waals surface area (Å²) < 4.78 is 6.00. The largest absolute Gasteiger partial charge is 0.508 e. The first-order valence-electron chi connectivity index (χ1n) is 13.8. The van der Waals surface area contributed by atoms with Crippen molar-refractivity contribution < 1.29 is 9.84 Å². The molecule has 5 rings (SSSR count). The van der Waals surface area contributed by atoms with Crippen LogP contribution in [0.4, 0.5) is 5.69 Å². The van der Waals surface area contributed by atoms with Crippen molar-refractivity contribution in [1.29, 1.82) is 0 Å². The van der Waals surface area contributed by atoms with Gasteiger partial charge in [0.2, 0.25) is 0 Å². The molecule has 5 heteroatoms. The fourth-order valence-electron chi connectivity index (χ4n) is 5.69. The van der Waals surface area contributed by atoms with Crippen LogP contribution in [-0.2, 0) is 13.0 Å². The summed E-state index contributed by atoms with van der Waals surface area (Å²) in [7, 11) is 4.26. The number of benzene rings is 3. The van der Waals surface area contributed by atoms with Crippen LogP contribution < -0.4 is 9.64 Å². The Morgan fingerprint density at radius 1 is 0.784 bits per heavy atom. The lowest BCUT2D eigenvalue weighted by molar-refractivity contribution is 0.238. The number of ether oxygens (including phenoxy) is 1. The quantitative estimate of drug-likeness (QED) is 0.383. The molecule has 0 amide bonds. The first-order chi connectivity index (χ1) is 18.0. The van der Waals surface area contributed by atoms with E-state index in [4.69, 9.17) is 4.74 Å². The number of nitrogens with zero attached hydrogens (tertiary/aromatic N) is 3. The van der Waals surface area contributed by atoms with E-state index >= 15 is 0 Å². The molecule has 196 valence electrons. The van der Waals surface area contributed by atoms with Crippen molar-refractivity contribution in [2.45, 2.75) is 38.6 Å². The minimum absolute atomic E-state index is 0.291. The molecule has 1 N–H and O–H groups in total. The third-order valence-electron chi connectivity index (χ3n) is 7.75. The highest BCUT2D eigenvalue weighted by atomic mass is 16.5. The standard InChI is InChI=1S/C32H41N3O2/c1-33(2)32-22-25(7-8-28(32)24-35-17-5-6-18-35)21-27-9-12-29(36)23-31(27)26-10-13-30(14-11-26)37-20-19-34-15-3-4-16-34/h7-14,22-23,36H,3-6,15-21,24H2,1-2H3. The number of anilines is 1. The van der Waals surface area contributed by atoms with Crippen LogP contribution in [0.3, 0.4) is 0 Å². The van der Waals surface area contributed by atoms with Gasteiger partial charge in [-0.1, -0.05) is 30.3 Å². The fourth-order valence-corrected chi connectivity index (χ4v) is 5.69. The maximum Gasteiger partial charge on any atom is 0.119 e. The molecule has 0 spiro atoms. The van der Waals surface area contributed by atoms with Crippen LogP contribution in [0.25, 0.3) is 11.1 Å². The Bertz CT molecular complexity index is 1160. The number of hydrogen-bond donors (Lipinski definition) is 1. The van der Waals surface area contributed by atoms with E-state index in [9.17, 15) is 5.11 Å². The molecule has 5 nitrogen and oxygen atoms in total. The SMILES string of the molecule is CN(C)c1cc(Cc2ccc(O)cc2-c2ccc(OCCN3CCCC3)cc2)ccc1CN1CCCC1. The molecule has 2 heterocycles. The normalized spacial score (nSPS) is 16.4. The molecule has 0 bridgehead atoms. The zero-order valence-corrected chi connectivity index (χ0v) is 22.5. The number of phenolic OH excluding ortho intramolecular Hbond substituents is 1. The predicted octanol–water partition coefficient (Wildman–Crippen LogP) is 5.79. The second-order valence-electron chi connectivity index (χ2n) is 10.8. The molecule has 0 radical (unpaired) electrons. The van der Waals surface area contributed by atoms with Crippen molar-refractivity contribution in [2.75, 3.05) is 58.3 Å². The minimum Gasteiger partial charge on any atom is -0.508 e. The molecule has 0 aromatic heterocycles. The lowest BCUT2D eigenvalue weighted by atomic mass is 9.93. The van der Waals surface area contributed by atoms with E-state index in [1.807, 2.05) is 18.2 Å². The Morgan fingerprint density at radius 3 is 2.16 bits per heavy atom. The summed E-state index contributed by atoms with van der Waals surface area (Å²) in [6.07, 6.45) is 6.05. The summed E-state index contributed by atoms with van der Waals surface area (Å²) in [4.78, 5) is 7.25. The van der Waals surface area contributed by atoms with Crippen LogP contribution in [0.5, 0.6) is 11.5 Å². The van der Waals surface area contributed by atoms with Gasteiger partial charge in [-0.05, 0) is 116 Å². The molecule has 0 saturated carbocycles. The van der Waals surface area contributed by atoms with Crippen LogP contribution in [0.2, 0.25) is 0 Å². The van der Waals surface area contributed by atoms with Gasteiger partial charge in [-0.15, -0.1) is 0 Å². The fraction of sp³-hybridized carbons (Fsp3) is 0.438. The maximum atomic E-state index is 10.3. The van der Waals surface area contributed by atoms with Crippen molar-refractivity contribution in [3.8, 4) is 22.6 Å². The van der Waals surface area contributed by atoms with E-state index in [0.717, 1.165) is 43.0 Å². The average molecular weight is 500 g/mol. The van der Waals surface area contributed by atoms with Crippen molar-refractivity contribution >= 4 is 5.69 Å². The van der Waals surface area contributed by atoms with E-state index in [2.05, 4.69) is 65.2 Å². The van der Waals surface area contributed by atoms with Gasteiger partial charge in [-0.3, -0.25) is 9.80 Å². The van der Waals surface area contributed by atoms with Gasteiger partial charge in [0.15, 0.2) is 0 Å². The molecular formula is C32H41N3O2. The topological polar surface area (TPSA) is 39.2 Å². The third kappa shape index (κ3) is 6.65. The van der Waals surface area contributed by atoms with E-state index in [-0.39, 0.29) is 0 Å². The first-order valence-corrected chi connectivity index (χ1v) is 13.8. The van der Waals surface area contributed by atoms with Crippen LogP contribution >= 0.6 is 0 Å². The smallest absolute Gasteiger partial charge is 0.119 e. The van der Waals surface area contributed by atoms with Gasteiger partial charge in [0.05, 0.1) is 0 Å². The molecule has 3 aromatic rings. The molecular weight excluding hydrogens is 458 g/mol. The molecule has 2 saturated heterocycles. The molecule has 0 unspecified atom stereocenters. The van der Waals surface area contributed by atoms with Gasteiger partial charge >= 0.3 is 0 Å².